The van der Waals surface area contributed by atoms with E-state index in [9.17, 15) is 4.79 Å². The Morgan fingerprint density at radius 1 is 1.55 bits per heavy atom. The first-order valence-electron chi connectivity index (χ1n) is 6.68. The molecule has 108 valence electrons. The molecule has 1 atom stereocenters. The summed E-state index contributed by atoms with van der Waals surface area (Å²) in [6, 6.07) is 1.97. The number of ether oxygens (including phenoxy) is 2. The Morgan fingerprint density at radius 2 is 2.40 bits per heavy atom. The van der Waals surface area contributed by atoms with Gasteiger partial charge in [0.15, 0.2) is 0 Å². The number of carbonyl (C=O) groups is 1. The van der Waals surface area contributed by atoms with Gasteiger partial charge in [0, 0.05) is 18.8 Å². The van der Waals surface area contributed by atoms with Gasteiger partial charge in [-0.1, -0.05) is 6.08 Å². The maximum atomic E-state index is 11.8. The average molecular weight is 277 g/mol. The summed E-state index contributed by atoms with van der Waals surface area (Å²) < 4.78 is 10.8. The lowest BCUT2D eigenvalue weighted by Gasteiger charge is -2.31. The van der Waals surface area contributed by atoms with E-state index >= 15 is 0 Å². The van der Waals surface area contributed by atoms with E-state index in [2.05, 4.69) is 9.97 Å². The summed E-state index contributed by atoms with van der Waals surface area (Å²) in [5, 5.41) is 0. The number of rotatable bonds is 4. The van der Waals surface area contributed by atoms with E-state index in [1.54, 1.807) is 29.3 Å². The third-order valence-electron chi connectivity index (χ3n) is 3.08. The zero-order chi connectivity index (χ0) is 14.4. The first kappa shape index (κ1) is 14.3. The van der Waals surface area contributed by atoms with Crippen molar-refractivity contribution in [1.29, 1.82) is 0 Å². The van der Waals surface area contributed by atoms with Gasteiger partial charge in [0.2, 0.25) is 11.8 Å². The maximum absolute atomic E-state index is 11.8. The minimum absolute atomic E-state index is 0.0288. The van der Waals surface area contributed by atoms with Crippen LogP contribution in [0.1, 0.15) is 19.8 Å². The van der Waals surface area contributed by atoms with Crippen molar-refractivity contribution >= 4 is 5.91 Å². The fourth-order valence-corrected chi connectivity index (χ4v) is 2.14. The summed E-state index contributed by atoms with van der Waals surface area (Å²) >= 11 is 0. The molecule has 6 heteroatoms. The SMILES string of the molecule is C/C=C/C(=O)N1CCCC(Oc2ccnc(OC)n2)C1. The Bertz CT molecular complexity index is 490. The number of nitrogens with zero attached hydrogens (tertiary/aromatic N) is 3. The predicted molar refractivity (Wildman–Crippen MR) is 73.6 cm³/mol. The lowest BCUT2D eigenvalue weighted by Crippen LogP contribution is -2.43. The highest BCUT2D eigenvalue weighted by Gasteiger charge is 2.24. The third-order valence-corrected chi connectivity index (χ3v) is 3.08. The van der Waals surface area contributed by atoms with Gasteiger partial charge >= 0.3 is 6.01 Å². The molecule has 1 aromatic rings. The number of carbonyl (C=O) groups excluding carboxylic acids is 1. The lowest BCUT2D eigenvalue weighted by atomic mass is 10.1. The normalized spacial score (nSPS) is 19.1. The zero-order valence-electron chi connectivity index (χ0n) is 11.8. The minimum atomic E-state index is -0.0439. The minimum Gasteiger partial charge on any atom is -0.472 e. The molecule has 1 saturated heterocycles. The maximum Gasteiger partial charge on any atom is 0.319 e. The monoisotopic (exact) mass is 277 g/mol. The van der Waals surface area contributed by atoms with Crippen molar-refractivity contribution in [3.05, 3.63) is 24.4 Å². The van der Waals surface area contributed by atoms with Crippen LogP contribution in [0.15, 0.2) is 24.4 Å². The highest BCUT2D eigenvalue weighted by molar-refractivity contribution is 5.87. The molecular formula is C14H19N3O3. The highest BCUT2D eigenvalue weighted by atomic mass is 16.5. The van der Waals surface area contributed by atoms with Gasteiger partial charge in [0.05, 0.1) is 13.7 Å². The van der Waals surface area contributed by atoms with E-state index in [4.69, 9.17) is 9.47 Å². The fourth-order valence-electron chi connectivity index (χ4n) is 2.14. The van der Waals surface area contributed by atoms with Gasteiger partial charge in [0.1, 0.15) is 6.10 Å². The number of aromatic nitrogens is 2. The number of piperidine rings is 1. The van der Waals surface area contributed by atoms with Crippen LogP contribution >= 0.6 is 0 Å². The molecule has 6 nitrogen and oxygen atoms in total. The summed E-state index contributed by atoms with van der Waals surface area (Å²) in [6.07, 6.45) is 6.71. The second kappa shape index (κ2) is 6.88. The van der Waals surface area contributed by atoms with Crippen molar-refractivity contribution in [1.82, 2.24) is 14.9 Å². The number of amides is 1. The van der Waals surface area contributed by atoms with Gasteiger partial charge in [-0.3, -0.25) is 4.79 Å². The van der Waals surface area contributed by atoms with Crippen molar-refractivity contribution in [2.75, 3.05) is 20.2 Å². The third kappa shape index (κ3) is 3.69. The molecule has 1 unspecified atom stereocenters. The topological polar surface area (TPSA) is 64.6 Å². The standard InChI is InChI=1S/C14H19N3O3/c1-3-5-13(18)17-9-4-6-11(10-17)20-12-7-8-15-14(16-12)19-2/h3,5,7-8,11H,4,6,9-10H2,1-2H3/b5-3+. The summed E-state index contributed by atoms with van der Waals surface area (Å²) in [6.45, 7) is 3.19. The first-order valence-corrected chi connectivity index (χ1v) is 6.68. The fraction of sp³-hybridized carbons (Fsp3) is 0.500. The van der Waals surface area contributed by atoms with E-state index in [0.717, 1.165) is 19.4 Å². The van der Waals surface area contributed by atoms with Crippen molar-refractivity contribution in [3.63, 3.8) is 0 Å². The summed E-state index contributed by atoms with van der Waals surface area (Å²) in [7, 11) is 1.51. The van der Waals surface area contributed by atoms with Crippen molar-refractivity contribution in [3.8, 4) is 11.9 Å². The molecule has 0 N–H and O–H groups in total. The Balaban J connectivity index is 1.97. The van der Waals surface area contributed by atoms with Crippen LogP contribution in [-0.4, -0.2) is 47.1 Å². The molecular weight excluding hydrogens is 258 g/mol. The molecule has 2 heterocycles. The molecule has 1 amide bonds. The molecule has 0 bridgehead atoms. The summed E-state index contributed by atoms with van der Waals surface area (Å²) in [5.41, 5.74) is 0. The van der Waals surface area contributed by atoms with E-state index in [0.29, 0.717) is 12.4 Å². The van der Waals surface area contributed by atoms with Crippen LogP contribution in [0.4, 0.5) is 0 Å². The van der Waals surface area contributed by atoms with Crippen molar-refractivity contribution in [2.45, 2.75) is 25.9 Å². The largest absolute Gasteiger partial charge is 0.472 e. The molecule has 1 aliphatic rings. The van der Waals surface area contributed by atoms with Gasteiger partial charge in [-0.05, 0) is 25.8 Å². The van der Waals surface area contributed by atoms with Crippen LogP contribution in [0, 0.1) is 0 Å². The molecule has 1 fully saturated rings. The van der Waals surface area contributed by atoms with Crippen molar-refractivity contribution < 1.29 is 14.3 Å². The molecule has 1 aromatic heterocycles. The number of hydrogen-bond acceptors (Lipinski definition) is 5. The number of allylic oxidation sites excluding steroid dienone is 1. The lowest BCUT2D eigenvalue weighted by molar-refractivity contribution is -0.128. The second-order valence-electron chi connectivity index (χ2n) is 4.55. The molecule has 0 aliphatic carbocycles. The molecule has 0 saturated carbocycles. The smallest absolute Gasteiger partial charge is 0.319 e. The molecule has 0 aromatic carbocycles. The van der Waals surface area contributed by atoms with Gasteiger partial charge in [-0.2, -0.15) is 4.98 Å². The number of likely N-dealkylation sites (tertiary alicyclic amines) is 1. The van der Waals surface area contributed by atoms with E-state index in [1.807, 2.05) is 6.92 Å². The second-order valence-corrected chi connectivity index (χ2v) is 4.55. The van der Waals surface area contributed by atoms with Gasteiger partial charge in [-0.25, -0.2) is 4.98 Å². The Labute approximate surface area is 118 Å². The van der Waals surface area contributed by atoms with Gasteiger partial charge < -0.3 is 14.4 Å². The van der Waals surface area contributed by atoms with Crippen molar-refractivity contribution in [2.24, 2.45) is 0 Å². The summed E-state index contributed by atoms with van der Waals surface area (Å²) in [4.78, 5) is 21.7. The predicted octanol–water partition coefficient (Wildman–Crippen LogP) is 1.43. The van der Waals surface area contributed by atoms with Crippen LogP contribution < -0.4 is 9.47 Å². The quantitative estimate of drug-likeness (QED) is 0.779. The van der Waals surface area contributed by atoms with Crippen LogP contribution in [0.3, 0.4) is 0 Å². The average Bonchev–Trinajstić information content (AvgIpc) is 2.48. The Morgan fingerprint density at radius 3 is 3.15 bits per heavy atom. The first-order chi connectivity index (χ1) is 9.72. The molecule has 0 spiro atoms. The van der Waals surface area contributed by atoms with E-state index < -0.39 is 0 Å². The Kier molecular flexibility index (Phi) is 4.92. The van der Waals surface area contributed by atoms with Crippen LogP contribution in [0.5, 0.6) is 11.9 Å². The molecule has 0 radical (unpaired) electrons. The van der Waals surface area contributed by atoms with Gasteiger partial charge in [-0.15, -0.1) is 0 Å². The summed E-state index contributed by atoms with van der Waals surface area (Å²) in [5.74, 6) is 0.503. The number of hydrogen-bond donors (Lipinski definition) is 0. The number of methoxy groups -OCH3 is 1. The van der Waals surface area contributed by atoms with Crippen LogP contribution in [0.2, 0.25) is 0 Å². The molecule has 1 aliphatic heterocycles. The Hall–Kier alpha value is -2.11. The molecule has 2 rings (SSSR count). The van der Waals surface area contributed by atoms with Gasteiger partial charge in [0.25, 0.3) is 0 Å². The highest BCUT2D eigenvalue weighted by Crippen LogP contribution is 2.18. The zero-order valence-corrected chi connectivity index (χ0v) is 11.8. The van der Waals surface area contributed by atoms with Crippen LogP contribution in [0.25, 0.3) is 0 Å². The van der Waals surface area contributed by atoms with E-state index in [1.165, 1.54) is 7.11 Å². The van der Waals surface area contributed by atoms with Crippen LogP contribution in [-0.2, 0) is 4.79 Å². The van der Waals surface area contributed by atoms with E-state index in [-0.39, 0.29) is 18.0 Å². The molecule has 20 heavy (non-hydrogen) atoms.